The van der Waals surface area contributed by atoms with Gasteiger partial charge in [-0.05, 0) is 46.8 Å². The number of hydrogen-bond donors (Lipinski definition) is 1. The molecule has 0 aliphatic heterocycles. The van der Waals surface area contributed by atoms with Gasteiger partial charge in [-0.25, -0.2) is 4.98 Å². The van der Waals surface area contributed by atoms with E-state index in [0.717, 1.165) is 33.7 Å². The van der Waals surface area contributed by atoms with Gasteiger partial charge in [0.2, 0.25) is 0 Å². The van der Waals surface area contributed by atoms with Gasteiger partial charge < -0.3 is 4.98 Å². The van der Waals surface area contributed by atoms with E-state index in [1.54, 1.807) is 6.20 Å². The number of aromatic amines is 1. The molecule has 0 saturated carbocycles. The lowest BCUT2D eigenvalue weighted by atomic mass is 10.1. The van der Waals surface area contributed by atoms with Crippen molar-refractivity contribution >= 4 is 28.1 Å². The molecule has 0 saturated heterocycles. The van der Waals surface area contributed by atoms with Gasteiger partial charge in [-0.15, -0.1) is 0 Å². The van der Waals surface area contributed by atoms with Crippen LogP contribution in [-0.4, -0.2) is 15.0 Å². The molecule has 0 fully saturated rings. The summed E-state index contributed by atoms with van der Waals surface area (Å²) in [4.78, 5) is 12.2. The maximum Gasteiger partial charge on any atom is 0.158 e. The Labute approximate surface area is 126 Å². The topological polar surface area (TPSA) is 41.6 Å². The second kappa shape index (κ2) is 5.92. The Hall–Kier alpha value is -1.07. The standard InChI is InChI=1S/C14H16BrN3S/c1-8(2)7-10-11(15)14(19)18-13(17-10)12-9(3)5-4-6-16-12/h4-6,8H,7H2,1-3H3,(H,17,18,19). The molecule has 19 heavy (non-hydrogen) atoms. The summed E-state index contributed by atoms with van der Waals surface area (Å²) in [5.74, 6) is 1.28. The van der Waals surface area contributed by atoms with E-state index in [4.69, 9.17) is 12.2 Å². The number of aryl methyl sites for hydroxylation is 1. The number of nitrogens with one attached hydrogen (secondary N) is 1. The first-order valence-electron chi connectivity index (χ1n) is 6.19. The molecule has 100 valence electrons. The zero-order valence-corrected chi connectivity index (χ0v) is 13.6. The fraction of sp³-hybridized carbons (Fsp3) is 0.357. The van der Waals surface area contributed by atoms with Crippen LogP contribution in [0.3, 0.4) is 0 Å². The van der Waals surface area contributed by atoms with Gasteiger partial charge in [0.15, 0.2) is 5.82 Å². The Morgan fingerprint density at radius 2 is 2.16 bits per heavy atom. The van der Waals surface area contributed by atoms with E-state index in [0.29, 0.717) is 10.6 Å². The highest BCUT2D eigenvalue weighted by molar-refractivity contribution is 9.10. The zero-order valence-electron chi connectivity index (χ0n) is 11.2. The summed E-state index contributed by atoms with van der Waals surface area (Å²) in [5.41, 5.74) is 3.01. The zero-order chi connectivity index (χ0) is 14.0. The van der Waals surface area contributed by atoms with Crippen molar-refractivity contribution in [2.75, 3.05) is 0 Å². The van der Waals surface area contributed by atoms with Gasteiger partial charge in [0.25, 0.3) is 0 Å². The monoisotopic (exact) mass is 337 g/mol. The summed E-state index contributed by atoms with van der Waals surface area (Å²) in [6, 6.07) is 3.94. The minimum Gasteiger partial charge on any atom is -0.341 e. The van der Waals surface area contributed by atoms with Crippen molar-refractivity contribution in [1.29, 1.82) is 0 Å². The van der Waals surface area contributed by atoms with Crippen molar-refractivity contribution in [2.24, 2.45) is 5.92 Å². The highest BCUT2D eigenvalue weighted by atomic mass is 79.9. The van der Waals surface area contributed by atoms with Gasteiger partial charge in [-0.1, -0.05) is 32.1 Å². The summed E-state index contributed by atoms with van der Waals surface area (Å²) in [6.07, 6.45) is 2.69. The highest BCUT2D eigenvalue weighted by Gasteiger charge is 2.11. The molecule has 3 nitrogen and oxygen atoms in total. The number of rotatable bonds is 3. The average Bonchev–Trinajstić information content (AvgIpc) is 2.35. The summed E-state index contributed by atoms with van der Waals surface area (Å²) in [5, 5.41) is 0. The summed E-state index contributed by atoms with van der Waals surface area (Å²) >= 11 is 8.83. The van der Waals surface area contributed by atoms with Gasteiger partial charge in [-0.2, -0.15) is 0 Å². The first kappa shape index (κ1) is 14.3. The van der Waals surface area contributed by atoms with Gasteiger partial charge in [0.05, 0.1) is 4.47 Å². The molecule has 1 N–H and O–H groups in total. The van der Waals surface area contributed by atoms with Gasteiger partial charge in [0, 0.05) is 11.9 Å². The molecule has 0 spiro atoms. The van der Waals surface area contributed by atoms with Crippen molar-refractivity contribution in [3.8, 4) is 11.5 Å². The van der Waals surface area contributed by atoms with Crippen molar-refractivity contribution in [3.05, 3.63) is 38.7 Å². The van der Waals surface area contributed by atoms with Crippen LogP contribution in [0.1, 0.15) is 25.1 Å². The first-order chi connectivity index (χ1) is 8.99. The van der Waals surface area contributed by atoms with Crippen LogP contribution in [0.2, 0.25) is 0 Å². The molecule has 0 radical (unpaired) electrons. The van der Waals surface area contributed by atoms with Crippen molar-refractivity contribution in [1.82, 2.24) is 15.0 Å². The second-order valence-electron chi connectivity index (χ2n) is 4.95. The first-order valence-corrected chi connectivity index (χ1v) is 7.40. The van der Waals surface area contributed by atoms with Crippen molar-refractivity contribution in [2.45, 2.75) is 27.2 Å². The predicted molar refractivity (Wildman–Crippen MR) is 83.6 cm³/mol. The molecule has 2 aromatic heterocycles. The van der Waals surface area contributed by atoms with E-state index in [9.17, 15) is 0 Å². The van der Waals surface area contributed by atoms with E-state index >= 15 is 0 Å². The van der Waals surface area contributed by atoms with Crippen LogP contribution in [0.5, 0.6) is 0 Å². The quantitative estimate of drug-likeness (QED) is 0.840. The SMILES string of the molecule is Cc1cccnc1-c1nc(=S)c(Br)c(CC(C)C)[nH]1. The normalized spacial score (nSPS) is 11.0. The fourth-order valence-corrected chi connectivity index (χ4v) is 2.46. The Kier molecular flexibility index (Phi) is 4.47. The summed E-state index contributed by atoms with van der Waals surface area (Å²) < 4.78 is 1.46. The Balaban J connectivity index is 2.57. The third kappa shape index (κ3) is 3.28. The molecule has 0 aliphatic rings. The van der Waals surface area contributed by atoms with Crippen LogP contribution in [-0.2, 0) is 6.42 Å². The Morgan fingerprint density at radius 1 is 1.42 bits per heavy atom. The number of nitrogens with zero attached hydrogens (tertiary/aromatic N) is 2. The lowest BCUT2D eigenvalue weighted by Gasteiger charge is -2.11. The molecule has 0 unspecified atom stereocenters. The van der Waals surface area contributed by atoms with Crippen LogP contribution >= 0.6 is 28.1 Å². The number of hydrogen-bond acceptors (Lipinski definition) is 3. The molecule has 0 atom stereocenters. The van der Waals surface area contributed by atoms with Crippen molar-refractivity contribution < 1.29 is 0 Å². The molecule has 5 heteroatoms. The van der Waals surface area contributed by atoms with Crippen LogP contribution in [0.15, 0.2) is 22.8 Å². The summed E-state index contributed by atoms with van der Waals surface area (Å²) in [6.45, 7) is 6.37. The smallest absolute Gasteiger partial charge is 0.158 e. The van der Waals surface area contributed by atoms with E-state index in [1.807, 2.05) is 19.1 Å². The van der Waals surface area contributed by atoms with Crippen LogP contribution < -0.4 is 0 Å². The fourth-order valence-electron chi connectivity index (χ4n) is 1.90. The third-order valence-corrected chi connectivity index (χ3v) is 4.19. The molecule has 0 amide bonds. The minimum absolute atomic E-state index is 0.544. The average molecular weight is 338 g/mol. The Bertz CT molecular complexity index is 649. The van der Waals surface area contributed by atoms with Crippen LogP contribution in [0.25, 0.3) is 11.5 Å². The maximum atomic E-state index is 5.32. The highest BCUT2D eigenvalue weighted by Crippen LogP contribution is 2.23. The van der Waals surface area contributed by atoms with Crippen molar-refractivity contribution in [3.63, 3.8) is 0 Å². The van der Waals surface area contributed by atoms with Gasteiger partial charge >= 0.3 is 0 Å². The number of H-pyrrole nitrogens is 1. The minimum atomic E-state index is 0.544. The molecule has 0 aliphatic carbocycles. The van der Waals surface area contributed by atoms with Crippen LogP contribution in [0, 0.1) is 17.5 Å². The van der Waals surface area contributed by atoms with E-state index in [2.05, 4.69) is 44.7 Å². The molecule has 2 aromatic rings. The molecule has 2 rings (SSSR count). The Morgan fingerprint density at radius 3 is 2.79 bits per heavy atom. The molecule has 0 aromatic carbocycles. The van der Waals surface area contributed by atoms with E-state index in [-0.39, 0.29) is 0 Å². The molecular weight excluding hydrogens is 322 g/mol. The number of halogens is 1. The molecular formula is C14H16BrN3S. The lowest BCUT2D eigenvalue weighted by Crippen LogP contribution is -2.04. The number of aromatic nitrogens is 3. The van der Waals surface area contributed by atoms with Gasteiger partial charge in [0.1, 0.15) is 10.3 Å². The maximum absolute atomic E-state index is 5.32. The third-order valence-electron chi connectivity index (χ3n) is 2.78. The van der Waals surface area contributed by atoms with E-state index < -0.39 is 0 Å². The summed E-state index contributed by atoms with van der Waals surface area (Å²) in [7, 11) is 0. The van der Waals surface area contributed by atoms with Crippen LogP contribution in [0.4, 0.5) is 0 Å². The second-order valence-corrected chi connectivity index (χ2v) is 6.13. The predicted octanol–water partition coefficient (Wildman–Crippen LogP) is 4.47. The molecule has 0 bridgehead atoms. The van der Waals surface area contributed by atoms with Gasteiger partial charge in [-0.3, -0.25) is 4.98 Å². The molecule has 2 heterocycles. The largest absolute Gasteiger partial charge is 0.341 e. The number of pyridine rings is 1. The van der Waals surface area contributed by atoms with E-state index in [1.165, 1.54) is 0 Å². The lowest BCUT2D eigenvalue weighted by molar-refractivity contribution is 0.632.